The number of fused-ring (bicyclic) bond motifs is 1. The monoisotopic (exact) mass is 377 g/mol. The van der Waals surface area contributed by atoms with Gasteiger partial charge in [0.1, 0.15) is 12.0 Å². The fourth-order valence-corrected chi connectivity index (χ4v) is 3.20. The number of H-pyrrole nitrogens is 1. The highest BCUT2D eigenvalue weighted by molar-refractivity contribution is 5.85. The third-order valence-electron chi connectivity index (χ3n) is 4.71. The van der Waals surface area contributed by atoms with E-state index in [1.807, 2.05) is 24.4 Å². The second kappa shape index (κ2) is 7.72. The first-order valence-corrected chi connectivity index (χ1v) is 9.11. The first kappa shape index (κ1) is 18.0. The average Bonchev–Trinajstić information content (AvgIpc) is 3.13. The first-order valence-electron chi connectivity index (χ1n) is 9.11. The molecule has 0 atom stereocenters. The molecule has 142 valence electrons. The summed E-state index contributed by atoms with van der Waals surface area (Å²) in [5, 5.41) is 0.760. The fraction of sp³-hybridized carbons (Fsp3) is 0.238. The van der Waals surface area contributed by atoms with E-state index in [0.29, 0.717) is 35.6 Å². The van der Waals surface area contributed by atoms with Crippen LogP contribution in [0.25, 0.3) is 11.0 Å². The van der Waals surface area contributed by atoms with Crippen LogP contribution in [0.2, 0.25) is 0 Å². The standard InChI is InChI=1S/C21H20FN5O/c1-3-16-6-4-13(10-23-16)8-17-7-5-14(19(22)27-17)9-15-11-24-20-18(15)21(28-2)26-12-25-20/h4-7,10-12H,3,8-9H2,1-2H3,(H,24,25,26). The van der Waals surface area contributed by atoms with Crippen LogP contribution in [0.15, 0.2) is 43.0 Å². The number of nitrogens with one attached hydrogen (secondary N) is 1. The summed E-state index contributed by atoms with van der Waals surface area (Å²) >= 11 is 0. The Labute approximate surface area is 161 Å². The van der Waals surface area contributed by atoms with E-state index in [1.165, 1.54) is 6.33 Å². The molecule has 0 spiro atoms. The lowest BCUT2D eigenvalue weighted by Gasteiger charge is -2.07. The lowest BCUT2D eigenvalue weighted by Crippen LogP contribution is -2.01. The molecule has 0 fully saturated rings. The molecule has 0 saturated heterocycles. The van der Waals surface area contributed by atoms with E-state index in [0.717, 1.165) is 28.6 Å². The van der Waals surface area contributed by atoms with Gasteiger partial charge in [-0.3, -0.25) is 4.98 Å². The Morgan fingerprint density at radius 3 is 2.57 bits per heavy atom. The highest BCUT2D eigenvalue weighted by Crippen LogP contribution is 2.27. The van der Waals surface area contributed by atoms with Gasteiger partial charge in [-0.1, -0.05) is 19.1 Å². The normalized spacial score (nSPS) is 11.1. The van der Waals surface area contributed by atoms with Crippen LogP contribution in [-0.4, -0.2) is 32.0 Å². The number of rotatable bonds is 6. The molecule has 6 nitrogen and oxygen atoms in total. The molecule has 0 aliphatic carbocycles. The average molecular weight is 377 g/mol. The van der Waals surface area contributed by atoms with Crippen LogP contribution >= 0.6 is 0 Å². The Hall–Kier alpha value is -3.35. The number of hydrogen-bond acceptors (Lipinski definition) is 5. The topological polar surface area (TPSA) is 76.6 Å². The van der Waals surface area contributed by atoms with Gasteiger partial charge >= 0.3 is 0 Å². The van der Waals surface area contributed by atoms with E-state index < -0.39 is 5.95 Å². The van der Waals surface area contributed by atoms with Crippen LogP contribution < -0.4 is 4.74 Å². The maximum absolute atomic E-state index is 14.6. The van der Waals surface area contributed by atoms with Crippen LogP contribution in [0, 0.1) is 5.95 Å². The summed E-state index contributed by atoms with van der Waals surface area (Å²) < 4.78 is 20.0. The van der Waals surface area contributed by atoms with Gasteiger partial charge < -0.3 is 9.72 Å². The van der Waals surface area contributed by atoms with Gasteiger partial charge in [0.15, 0.2) is 0 Å². The van der Waals surface area contributed by atoms with Crippen molar-refractivity contribution in [3.8, 4) is 5.88 Å². The van der Waals surface area contributed by atoms with Crippen molar-refractivity contribution >= 4 is 11.0 Å². The first-order chi connectivity index (χ1) is 13.7. The van der Waals surface area contributed by atoms with Gasteiger partial charge in [0.05, 0.1) is 12.5 Å². The minimum Gasteiger partial charge on any atom is -0.480 e. The third kappa shape index (κ3) is 3.55. The van der Waals surface area contributed by atoms with Gasteiger partial charge in [-0.15, -0.1) is 0 Å². The van der Waals surface area contributed by atoms with E-state index in [-0.39, 0.29) is 0 Å². The van der Waals surface area contributed by atoms with Crippen LogP contribution in [0.3, 0.4) is 0 Å². The van der Waals surface area contributed by atoms with Gasteiger partial charge in [0.25, 0.3) is 0 Å². The van der Waals surface area contributed by atoms with Crippen molar-refractivity contribution in [3.05, 3.63) is 77.0 Å². The smallest absolute Gasteiger partial charge is 0.226 e. The quantitative estimate of drug-likeness (QED) is 0.519. The zero-order valence-electron chi connectivity index (χ0n) is 15.7. The summed E-state index contributed by atoms with van der Waals surface area (Å²) in [4.78, 5) is 19.9. The van der Waals surface area contributed by atoms with Crippen molar-refractivity contribution in [3.63, 3.8) is 0 Å². The van der Waals surface area contributed by atoms with Crippen LogP contribution in [0.1, 0.15) is 35.0 Å². The van der Waals surface area contributed by atoms with Crippen molar-refractivity contribution in [2.75, 3.05) is 7.11 Å². The Balaban J connectivity index is 1.57. The zero-order valence-corrected chi connectivity index (χ0v) is 15.7. The van der Waals surface area contributed by atoms with Crippen LogP contribution in [-0.2, 0) is 19.3 Å². The maximum atomic E-state index is 14.6. The molecule has 0 bridgehead atoms. The Morgan fingerprint density at radius 2 is 1.86 bits per heavy atom. The van der Waals surface area contributed by atoms with Crippen LogP contribution in [0.4, 0.5) is 4.39 Å². The molecule has 0 aliphatic heterocycles. The number of halogens is 1. The van der Waals surface area contributed by atoms with Crippen molar-refractivity contribution in [1.82, 2.24) is 24.9 Å². The number of pyridine rings is 2. The van der Waals surface area contributed by atoms with Crippen LogP contribution in [0.5, 0.6) is 5.88 Å². The predicted molar refractivity (Wildman–Crippen MR) is 104 cm³/mol. The molecule has 28 heavy (non-hydrogen) atoms. The zero-order chi connectivity index (χ0) is 19.5. The van der Waals surface area contributed by atoms with E-state index in [2.05, 4.69) is 31.8 Å². The van der Waals surface area contributed by atoms with Gasteiger partial charge in [-0.25, -0.2) is 15.0 Å². The number of hydrogen-bond donors (Lipinski definition) is 1. The number of aryl methyl sites for hydroxylation is 1. The second-order valence-electron chi connectivity index (χ2n) is 6.54. The van der Waals surface area contributed by atoms with Crippen molar-refractivity contribution < 1.29 is 9.13 Å². The number of nitrogens with zero attached hydrogens (tertiary/aromatic N) is 4. The number of ether oxygens (including phenoxy) is 1. The molecule has 1 N–H and O–H groups in total. The molecule has 4 rings (SSSR count). The van der Waals surface area contributed by atoms with Gasteiger partial charge in [-0.05, 0) is 29.7 Å². The second-order valence-corrected chi connectivity index (χ2v) is 6.54. The Bertz CT molecular complexity index is 1110. The minimum atomic E-state index is -0.471. The van der Waals surface area contributed by atoms with E-state index in [9.17, 15) is 4.39 Å². The number of aromatic nitrogens is 5. The molecule has 4 heterocycles. The van der Waals surface area contributed by atoms with Crippen molar-refractivity contribution in [2.45, 2.75) is 26.2 Å². The summed E-state index contributed by atoms with van der Waals surface area (Å²) in [6.07, 6.45) is 6.87. The maximum Gasteiger partial charge on any atom is 0.226 e. The Morgan fingerprint density at radius 1 is 1.00 bits per heavy atom. The summed E-state index contributed by atoms with van der Waals surface area (Å²) in [6, 6.07) is 7.64. The van der Waals surface area contributed by atoms with Gasteiger partial charge in [-0.2, -0.15) is 4.39 Å². The van der Waals surface area contributed by atoms with E-state index >= 15 is 0 Å². The summed E-state index contributed by atoms with van der Waals surface area (Å²) in [5.41, 5.74) is 4.75. The molecule has 4 aromatic rings. The number of methoxy groups -OCH3 is 1. The lowest BCUT2D eigenvalue weighted by atomic mass is 10.1. The molecular formula is C21H20FN5O. The van der Waals surface area contributed by atoms with E-state index in [1.54, 1.807) is 19.4 Å². The third-order valence-corrected chi connectivity index (χ3v) is 4.71. The molecule has 0 saturated carbocycles. The Kier molecular flexibility index (Phi) is 4.97. The highest BCUT2D eigenvalue weighted by atomic mass is 19.1. The largest absolute Gasteiger partial charge is 0.480 e. The molecule has 0 amide bonds. The predicted octanol–water partition coefficient (Wildman–Crippen LogP) is 3.64. The van der Waals surface area contributed by atoms with Gasteiger partial charge in [0, 0.05) is 42.2 Å². The summed E-state index contributed by atoms with van der Waals surface area (Å²) in [7, 11) is 1.55. The summed E-state index contributed by atoms with van der Waals surface area (Å²) in [5.74, 6) is -0.00457. The summed E-state index contributed by atoms with van der Waals surface area (Å²) in [6.45, 7) is 2.06. The molecular weight excluding hydrogens is 357 g/mol. The van der Waals surface area contributed by atoms with Crippen molar-refractivity contribution in [1.29, 1.82) is 0 Å². The highest BCUT2D eigenvalue weighted by Gasteiger charge is 2.14. The molecule has 7 heteroatoms. The molecule has 0 unspecified atom stereocenters. The molecule has 0 aromatic carbocycles. The molecule has 0 aliphatic rings. The SMILES string of the molecule is CCc1ccc(Cc2ccc(Cc3c[nH]c4ncnc(OC)c34)c(F)n2)cn1. The number of aromatic amines is 1. The molecule has 4 aromatic heterocycles. The fourth-order valence-electron chi connectivity index (χ4n) is 3.20. The molecule has 0 radical (unpaired) electrons. The van der Waals surface area contributed by atoms with Crippen molar-refractivity contribution in [2.24, 2.45) is 0 Å². The minimum absolute atomic E-state index is 0.371. The van der Waals surface area contributed by atoms with E-state index in [4.69, 9.17) is 4.74 Å². The lowest BCUT2D eigenvalue weighted by molar-refractivity contribution is 0.402. The van der Waals surface area contributed by atoms with Gasteiger partial charge in [0.2, 0.25) is 11.8 Å².